The largest absolute Gasteiger partial charge is 0.497 e. The van der Waals surface area contributed by atoms with Gasteiger partial charge in [-0.2, -0.15) is 0 Å². The van der Waals surface area contributed by atoms with E-state index in [0.717, 1.165) is 24.2 Å². The summed E-state index contributed by atoms with van der Waals surface area (Å²) in [5.74, 6) is 0.464. The van der Waals surface area contributed by atoms with Crippen molar-refractivity contribution in [1.29, 1.82) is 0 Å². The molecule has 1 aliphatic carbocycles. The summed E-state index contributed by atoms with van der Waals surface area (Å²) in [4.78, 5) is 0. The van der Waals surface area contributed by atoms with E-state index < -0.39 is 5.54 Å². The molecular formula is C17H18FNO2. The lowest BCUT2D eigenvalue weighted by atomic mass is 9.92. The first kappa shape index (κ1) is 13.9. The minimum atomic E-state index is -0.586. The number of benzene rings is 2. The number of halogens is 1. The first-order valence-corrected chi connectivity index (χ1v) is 6.99. The standard InChI is InChI=1S/C17H18FNO2/c1-21-15-6-5-12-7-8-17(11-20,16(12)10-15)19-14-4-2-3-13(18)9-14/h2-6,9-10,19-20H,7-8,11H2,1H3. The molecular weight excluding hydrogens is 269 g/mol. The molecule has 110 valence electrons. The summed E-state index contributed by atoms with van der Waals surface area (Å²) in [6.07, 6.45) is 1.64. The molecule has 1 atom stereocenters. The number of hydrogen-bond donors (Lipinski definition) is 2. The van der Waals surface area contributed by atoms with Crippen molar-refractivity contribution in [2.24, 2.45) is 0 Å². The van der Waals surface area contributed by atoms with Gasteiger partial charge in [0.2, 0.25) is 0 Å². The van der Waals surface area contributed by atoms with E-state index in [1.165, 1.54) is 17.7 Å². The van der Waals surface area contributed by atoms with Gasteiger partial charge in [0, 0.05) is 5.69 Å². The number of methoxy groups -OCH3 is 1. The second-order valence-electron chi connectivity index (χ2n) is 5.40. The number of anilines is 1. The molecule has 3 rings (SSSR count). The highest BCUT2D eigenvalue weighted by atomic mass is 19.1. The molecule has 2 N–H and O–H groups in total. The normalized spacial score (nSPS) is 20.1. The molecule has 0 radical (unpaired) electrons. The van der Waals surface area contributed by atoms with E-state index in [2.05, 4.69) is 5.32 Å². The minimum Gasteiger partial charge on any atom is -0.497 e. The van der Waals surface area contributed by atoms with Gasteiger partial charge in [0.25, 0.3) is 0 Å². The van der Waals surface area contributed by atoms with Crippen LogP contribution in [0.3, 0.4) is 0 Å². The van der Waals surface area contributed by atoms with Crippen molar-refractivity contribution in [3.8, 4) is 5.75 Å². The van der Waals surface area contributed by atoms with Crippen LogP contribution in [0.2, 0.25) is 0 Å². The van der Waals surface area contributed by atoms with E-state index in [1.54, 1.807) is 19.2 Å². The fourth-order valence-electron chi connectivity index (χ4n) is 3.00. The fourth-order valence-corrected chi connectivity index (χ4v) is 3.00. The highest BCUT2D eigenvalue weighted by molar-refractivity contribution is 5.53. The summed E-state index contributed by atoms with van der Waals surface area (Å²) >= 11 is 0. The molecule has 0 saturated heterocycles. The smallest absolute Gasteiger partial charge is 0.125 e. The molecule has 0 heterocycles. The molecule has 0 bridgehead atoms. The third kappa shape index (κ3) is 2.47. The molecule has 2 aromatic carbocycles. The summed E-state index contributed by atoms with van der Waals surface area (Å²) in [6, 6.07) is 12.2. The Hall–Kier alpha value is -2.07. The minimum absolute atomic E-state index is 0.0519. The highest BCUT2D eigenvalue weighted by Gasteiger charge is 2.38. The molecule has 2 aromatic rings. The molecule has 0 spiro atoms. The molecule has 0 saturated carbocycles. The Balaban J connectivity index is 2.00. The zero-order valence-electron chi connectivity index (χ0n) is 11.9. The van der Waals surface area contributed by atoms with Gasteiger partial charge in [-0.05, 0) is 54.3 Å². The van der Waals surface area contributed by atoms with Crippen LogP contribution in [0.15, 0.2) is 42.5 Å². The van der Waals surface area contributed by atoms with Crippen LogP contribution >= 0.6 is 0 Å². The predicted octanol–water partition coefficient (Wildman–Crippen LogP) is 3.08. The van der Waals surface area contributed by atoms with Crippen molar-refractivity contribution in [3.63, 3.8) is 0 Å². The summed E-state index contributed by atoms with van der Waals surface area (Å²) in [6.45, 7) is -0.0519. The molecule has 0 amide bonds. The van der Waals surface area contributed by atoms with Gasteiger partial charge in [0.1, 0.15) is 11.6 Å². The van der Waals surface area contributed by atoms with Gasteiger partial charge >= 0.3 is 0 Å². The number of hydrogen-bond acceptors (Lipinski definition) is 3. The second-order valence-corrected chi connectivity index (χ2v) is 5.40. The zero-order chi connectivity index (χ0) is 14.9. The summed E-state index contributed by atoms with van der Waals surface area (Å²) in [5.41, 5.74) is 2.29. The summed E-state index contributed by atoms with van der Waals surface area (Å²) < 4.78 is 18.6. The number of aliphatic hydroxyl groups is 1. The van der Waals surface area contributed by atoms with Gasteiger partial charge < -0.3 is 15.2 Å². The number of aryl methyl sites for hydroxylation is 1. The molecule has 0 fully saturated rings. The molecule has 3 nitrogen and oxygen atoms in total. The first-order chi connectivity index (χ1) is 10.2. The number of fused-ring (bicyclic) bond motifs is 1. The van der Waals surface area contributed by atoms with E-state index in [-0.39, 0.29) is 12.4 Å². The van der Waals surface area contributed by atoms with Crippen LogP contribution in [0, 0.1) is 5.82 Å². The van der Waals surface area contributed by atoms with E-state index in [9.17, 15) is 9.50 Å². The van der Waals surface area contributed by atoms with Crippen LogP contribution in [0.25, 0.3) is 0 Å². The highest BCUT2D eigenvalue weighted by Crippen LogP contribution is 2.41. The van der Waals surface area contributed by atoms with Gasteiger partial charge in [-0.3, -0.25) is 0 Å². The Morgan fingerprint density at radius 2 is 2.14 bits per heavy atom. The van der Waals surface area contributed by atoms with Gasteiger partial charge in [-0.1, -0.05) is 12.1 Å². The summed E-state index contributed by atoms with van der Waals surface area (Å²) in [7, 11) is 1.62. The maximum absolute atomic E-state index is 13.4. The maximum atomic E-state index is 13.4. The zero-order valence-corrected chi connectivity index (χ0v) is 11.9. The van der Waals surface area contributed by atoms with Crippen LogP contribution in [0.5, 0.6) is 5.75 Å². The third-order valence-corrected chi connectivity index (χ3v) is 4.13. The Morgan fingerprint density at radius 1 is 1.29 bits per heavy atom. The van der Waals surface area contributed by atoms with Crippen molar-refractivity contribution in [2.45, 2.75) is 18.4 Å². The lowest BCUT2D eigenvalue weighted by molar-refractivity contribution is 0.211. The molecule has 1 aliphatic rings. The molecule has 21 heavy (non-hydrogen) atoms. The van der Waals surface area contributed by atoms with E-state index in [4.69, 9.17) is 4.74 Å². The Kier molecular flexibility index (Phi) is 3.55. The average Bonchev–Trinajstić information content (AvgIpc) is 2.86. The van der Waals surface area contributed by atoms with Crippen molar-refractivity contribution in [3.05, 3.63) is 59.4 Å². The first-order valence-electron chi connectivity index (χ1n) is 6.99. The SMILES string of the molecule is COc1ccc2c(c1)C(CO)(Nc1cccc(F)c1)CC2. The molecule has 4 heteroatoms. The van der Waals surface area contributed by atoms with Crippen molar-refractivity contribution in [1.82, 2.24) is 0 Å². The van der Waals surface area contributed by atoms with Crippen LogP contribution in [-0.2, 0) is 12.0 Å². The topological polar surface area (TPSA) is 41.5 Å². The van der Waals surface area contributed by atoms with Crippen LogP contribution in [-0.4, -0.2) is 18.8 Å². The fraction of sp³-hybridized carbons (Fsp3) is 0.294. The Labute approximate surface area is 123 Å². The van der Waals surface area contributed by atoms with Crippen LogP contribution in [0.1, 0.15) is 17.5 Å². The van der Waals surface area contributed by atoms with Crippen LogP contribution < -0.4 is 10.1 Å². The van der Waals surface area contributed by atoms with E-state index >= 15 is 0 Å². The van der Waals surface area contributed by atoms with E-state index in [0.29, 0.717) is 5.69 Å². The van der Waals surface area contributed by atoms with Gasteiger partial charge in [0.15, 0.2) is 0 Å². The molecule has 0 aromatic heterocycles. The quantitative estimate of drug-likeness (QED) is 0.908. The van der Waals surface area contributed by atoms with E-state index in [1.807, 2.05) is 18.2 Å². The third-order valence-electron chi connectivity index (χ3n) is 4.13. The Morgan fingerprint density at radius 3 is 2.86 bits per heavy atom. The molecule has 0 aliphatic heterocycles. The number of nitrogens with one attached hydrogen (secondary N) is 1. The van der Waals surface area contributed by atoms with Crippen molar-refractivity contribution >= 4 is 5.69 Å². The number of rotatable bonds is 4. The number of ether oxygens (including phenoxy) is 1. The summed E-state index contributed by atoms with van der Waals surface area (Å²) in [5, 5.41) is 13.3. The Bertz CT molecular complexity index is 659. The molecule has 1 unspecified atom stereocenters. The monoisotopic (exact) mass is 287 g/mol. The second kappa shape index (κ2) is 5.37. The maximum Gasteiger partial charge on any atom is 0.125 e. The average molecular weight is 287 g/mol. The van der Waals surface area contributed by atoms with Crippen LogP contribution in [0.4, 0.5) is 10.1 Å². The lowest BCUT2D eigenvalue weighted by Gasteiger charge is -2.31. The predicted molar refractivity (Wildman–Crippen MR) is 80.1 cm³/mol. The van der Waals surface area contributed by atoms with Gasteiger partial charge in [0.05, 0.1) is 19.3 Å². The van der Waals surface area contributed by atoms with Crippen molar-refractivity contribution in [2.75, 3.05) is 19.0 Å². The van der Waals surface area contributed by atoms with Gasteiger partial charge in [-0.25, -0.2) is 4.39 Å². The van der Waals surface area contributed by atoms with Gasteiger partial charge in [-0.15, -0.1) is 0 Å². The number of aliphatic hydroxyl groups excluding tert-OH is 1. The van der Waals surface area contributed by atoms with Crippen molar-refractivity contribution < 1.29 is 14.2 Å². The lowest BCUT2D eigenvalue weighted by Crippen LogP contribution is -2.37.